The van der Waals surface area contributed by atoms with E-state index in [0.717, 1.165) is 43.3 Å². The van der Waals surface area contributed by atoms with Crippen LogP contribution < -0.4 is 5.32 Å². The standard InChI is InChI=1S/C20H30N6.HI/c1-4-6-7-8-9-13-25(3)20(22-5-2)24-16-18-10-11-23-19(15-18)26-14-12-21-17-26;/h4,10-12,14-15,17H,1,5-9,13,16H2,2-3H3,(H,22,24);1H. The van der Waals surface area contributed by atoms with Crippen molar-refractivity contribution in [2.45, 2.75) is 39.2 Å². The fourth-order valence-electron chi connectivity index (χ4n) is 2.65. The number of aliphatic imine (C=N–C) groups is 1. The van der Waals surface area contributed by atoms with Crippen LogP contribution in [0.4, 0.5) is 0 Å². The number of unbranched alkanes of at least 4 members (excludes halogenated alkanes) is 3. The second-order valence-electron chi connectivity index (χ2n) is 6.22. The van der Waals surface area contributed by atoms with E-state index in [-0.39, 0.29) is 24.0 Å². The van der Waals surface area contributed by atoms with E-state index in [9.17, 15) is 0 Å². The molecular weight excluding hydrogens is 451 g/mol. The Labute approximate surface area is 179 Å². The fraction of sp³-hybridized carbons (Fsp3) is 0.450. The first-order chi connectivity index (χ1) is 12.7. The number of allylic oxidation sites excluding steroid dienone is 1. The van der Waals surface area contributed by atoms with Gasteiger partial charge < -0.3 is 10.2 Å². The summed E-state index contributed by atoms with van der Waals surface area (Å²) >= 11 is 0. The zero-order valence-corrected chi connectivity index (χ0v) is 18.7. The number of aromatic nitrogens is 3. The van der Waals surface area contributed by atoms with Gasteiger partial charge in [0.25, 0.3) is 0 Å². The number of hydrogen-bond acceptors (Lipinski definition) is 3. The van der Waals surface area contributed by atoms with Gasteiger partial charge in [0.2, 0.25) is 0 Å². The first-order valence-corrected chi connectivity index (χ1v) is 9.28. The van der Waals surface area contributed by atoms with E-state index in [1.807, 2.05) is 35.2 Å². The molecule has 0 aliphatic heterocycles. The van der Waals surface area contributed by atoms with Gasteiger partial charge >= 0.3 is 0 Å². The molecule has 0 radical (unpaired) electrons. The molecule has 0 aliphatic rings. The number of rotatable bonds is 10. The van der Waals surface area contributed by atoms with Gasteiger partial charge in [0.05, 0.1) is 6.54 Å². The van der Waals surface area contributed by atoms with Gasteiger partial charge in [-0.3, -0.25) is 4.57 Å². The summed E-state index contributed by atoms with van der Waals surface area (Å²) < 4.78 is 1.90. The van der Waals surface area contributed by atoms with Crippen molar-refractivity contribution in [1.82, 2.24) is 24.8 Å². The van der Waals surface area contributed by atoms with E-state index in [0.29, 0.717) is 6.54 Å². The van der Waals surface area contributed by atoms with E-state index >= 15 is 0 Å². The van der Waals surface area contributed by atoms with Crippen LogP contribution in [0.25, 0.3) is 5.82 Å². The summed E-state index contributed by atoms with van der Waals surface area (Å²) in [5, 5.41) is 3.38. The van der Waals surface area contributed by atoms with Gasteiger partial charge in [-0.15, -0.1) is 30.6 Å². The van der Waals surface area contributed by atoms with Crippen LogP contribution in [0.5, 0.6) is 0 Å². The van der Waals surface area contributed by atoms with Crippen LogP contribution in [0, 0.1) is 0 Å². The van der Waals surface area contributed by atoms with Gasteiger partial charge in [0, 0.05) is 38.7 Å². The Bertz CT molecular complexity index is 684. The van der Waals surface area contributed by atoms with Crippen LogP contribution in [0.3, 0.4) is 0 Å². The van der Waals surface area contributed by atoms with Gasteiger partial charge in [0.15, 0.2) is 5.96 Å². The number of imidazole rings is 1. The lowest BCUT2D eigenvalue weighted by molar-refractivity contribution is 0.455. The van der Waals surface area contributed by atoms with Crippen LogP contribution >= 0.6 is 24.0 Å². The van der Waals surface area contributed by atoms with Crippen LogP contribution in [-0.4, -0.2) is 45.5 Å². The number of nitrogens with zero attached hydrogens (tertiary/aromatic N) is 5. The quantitative estimate of drug-likeness (QED) is 0.183. The molecule has 0 aromatic carbocycles. The SMILES string of the molecule is C=CCCCCCN(C)C(=NCc1ccnc(-n2ccnc2)c1)NCC.I. The summed E-state index contributed by atoms with van der Waals surface area (Å²) in [6.07, 6.45) is 13.9. The maximum absolute atomic E-state index is 4.78. The Hall–Kier alpha value is -1.90. The van der Waals surface area contributed by atoms with E-state index in [1.54, 1.807) is 12.5 Å². The van der Waals surface area contributed by atoms with E-state index < -0.39 is 0 Å². The first-order valence-electron chi connectivity index (χ1n) is 9.28. The zero-order valence-electron chi connectivity index (χ0n) is 16.3. The lowest BCUT2D eigenvalue weighted by Crippen LogP contribution is -2.39. The molecule has 0 saturated heterocycles. The topological polar surface area (TPSA) is 58.3 Å². The molecule has 0 aliphatic carbocycles. The van der Waals surface area contributed by atoms with Crippen molar-refractivity contribution in [2.24, 2.45) is 4.99 Å². The molecule has 148 valence electrons. The molecule has 2 aromatic rings. The maximum atomic E-state index is 4.78. The van der Waals surface area contributed by atoms with Crippen molar-refractivity contribution in [3.8, 4) is 5.82 Å². The summed E-state index contributed by atoms with van der Waals surface area (Å²) in [6.45, 7) is 8.34. The molecule has 7 heteroatoms. The minimum Gasteiger partial charge on any atom is -0.357 e. The number of hydrogen-bond donors (Lipinski definition) is 1. The number of guanidine groups is 1. The molecular formula is C20H31IN6. The normalized spacial score (nSPS) is 11.0. The van der Waals surface area contributed by atoms with Crippen molar-refractivity contribution < 1.29 is 0 Å². The van der Waals surface area contributed by atoms with Crippen LogP contribution in [0.1, 0.15) is 38.2 Å². The van der Waals surface area contributed by atoms with Crippen LogP contribution in [-0.2, 0) is 6.54 Å². The molecule has 0 atom stereocenters. The lowest BCUT2D eigenvalue weighted by Gasteiger charge is -2.22. The van der Waals surface area contributed by atoms with Gasteiger partial charge in [-0.1, -0.05) is 12.5 Å². The second kappa shape index (κ2) is 13.3. The highest BCUT2D eigenvalue weighted by molar-refractivity contribution is 14.0. The Morgan fingerprint density at radius 3 is 2.89 bits per heavy atom. The molecule has 6 nitrogen and oxygen atoms in total. The Morgan fingerprint density at radius 1 is 1.33 bits per heavy atom. The molecule has 0 fully saturated rings. The second-order valence-corrected chi connectivity index (χ2v) is 6.22. The fourth-order valence-corrected chi connectivity index (χ4v) is 2.65. The Morgan fingerprint density at radius 2 is 2.19 bits per heavy atom. The monoisotopic (exact) mass is 482 g/mol. The molecule has 2 aromatic heterocycles. The largest absolute Gasteiger partial charge is 0.357 e. The van der Waals surface area contributed by atoms with Gasteiger partial charge in [0.1, 0.15) is 12.1 Å². The maximum Gasteiger partial charge on any atom is 0.193 e. The molecule has 27 heavy (non-hydrogen) atoms. The van der Waals surface area contributed by atoms with Gasteiger partial charge in [-0.05, 0) is 43.9 Å². The molecule has 1 N–H and O–H groups in total. The lowest BCUT2D eigenvalue weighted by atomic mass is 10.2. The summed E-state index contributed by atoms with van der Waals surface area (Å²) in [5.74, 6) is 1.80. The number of nitrogens with one attached hydrogen (secondary N) is 1. The van der Waals surface area contributed by atoms with E-state index in [4.69, 9.17) is 4.99 Å². The molecule has 0 spiro atoms. The predicted molar refractivity (Wildman–Crippen MR) is 123 cm³/mol. The number of halogens is 1. The third kappa shape index (κ3) is 8.11. The summed E-state index contributed by atoms with van der Waals surface area (Å²) in [6, 6.07) is 4.05. The van der Waals surface area contributed by atoms with Crippen LogP contribution in [0.2, 0.25) is 0 Å². The Kier molecular flexibility index (Phi) is 11.4. The summed E-state index contributed by atoms with van der Waals surface area (Å²) in [4.78, 5) is 15.4. The van der Waals surface area contributed by atoms with Gasteiger partial charge in [-0.2, -0.15) is 0 Å². The van der Waals surface area contributed by atoms with Gasteiger partial charge in [-0.25, -0.2) is 15.0 Å². The molecule has 2 heterocycles. The van der Waals surface area contributed by atoms with Crippen molar-refractivity contribution in [3.63, 3.8) is 0 Å². The zero-order chi connectivity index (χ0) is 18.6. The minimum atomic E-state index is 0. The molecule has 0 amide bonds. The minimum absolute atomic E-state index is 0. The van der Waals surface area contributed by atoms with Crippen molar-refractivity contribution >= 4 is 29.9 Å². The highest BCUT2D eigenvalue weighted by atomic mass is 127. The van der Waals surface area contributed by atoms with Crippen molar-refractivity contribution in [3.05, 3.63) is 55.3 Å². The summed E-state index contributed by atoms with van der Waals surface area (Å²) in [5.41, 5.74) is 1.12. The van der Waals surface area contributed by atoms with Crippen molar-refractivity contribution in [2.75, 3.05) is 20.1 Å². The number of pyridine rings is 1. The predicted octanol–water partition coefficient (Wildman–Crippen LogP) is 4.03. The summed E-state index contributed by atoms with van der Waals surface area (Å²) in [7, 11) is 2.10. The Balaban J connectivity index is 0.00000364. The highest BCUT2D eigenvalue weighted by Crippen LogP contribution is 2.08. The molecule has 2 rings (SSSR count). The first kappa shape index (κ1) is 23.1. The van der Waals surface area contributed by atoms with E-state index in [1.165, 1.54) is 12.8 Å². The van der Waals surface area contributed by atoms with Crippen LogP contribution in [0.15, 0.2) is 54.7 Å². The molecule has 0 bridgehead atoms. The molecule has 0 saturated carbocycles. The average molecular weight is 482 g/mol. The third-order valence-corrected chi connectivity index (χ3v) is 4.09. The average Bonchev–Trinajstić information content (AvgIpc) is 3.20. The smallest absolute Gasteiger partial charge is 0.193 e. The third-order valence-electron chi connectivity index (χ3n) is 4.09. The van der Waals surface area contributed by atoms with Crippen molar-refractivity contribution in [1.29, 1.82) is 0 Å². The van der Waals surface area contributed by atoms with E-state index in [2.05, 4.69) is 40.7 Å². The highest BCUT2D eigenvalue weighted by Gasteiger charge is 2.06. The molecule has 0 unspecified atom stereocenters.